The number of unbranched alkanes of at least 4 members (excludes halogenated alkanes) is 4. The van der Waals surface area contributed by atoms with Gasteiger partial charge in [-0.25, -0.2) is 4.79 Å². The van der Waals surface area contributed by atoms with Crippen LogP contribution in [0.25, 0.3) is 0 Å². The maximum absolute atomic E-state index is 12.0. The first-order valence-electron chi connectivity index (χ1n) is 9.06. The van der Waals surface area contributed by atoms with E-state index in [4.69, 9.17) is 4.74 Å². The maximum atomic E-state index is 12.0. The Morgan fingerprint density at radius 2 is 1.62 bits per heavy atom. The highest BCUT2D eigenvalue weighted by atomic mass is 16.6. The second kappa shape index (κ2) is 12.1. The smallest absolute Gasteiger partial charge is 0.410 e. The number of rotatable bonds is 11. The molecule has 0 fully saturated rings. The molecule has 1 N–H and O–H groups in total. The molecular formula is C18H37N3O3. The molecule has 6 heteroatoms. The fraction of sp³-hybridized carbons (Fsp3) is 0.889. The van der Waals surface area contributed by atoms with Gasteiger partial charge in [0.1, 0.15) is 5.60 Å². The number of hydrogen-bond acceptors (Lipinski definition) is 4. The van der Waals surface area contributed by atoms with Crippen LogP contribution in [-0.4, -0.2) is 67.7 Å². The van der Waals surface area contributed by atoms with Gasteiger partial charge in [0.2, 0.25) is 5.91 Å². The van der Waals surface area contributed by atoms with Crippen molar-refractivity contribution in [3.05, 3.63) is 0 Å². The first-order chi connectivity index (χ1) is 11.2. The maximum Gasteiger partial charge on any atom is 0.410 e. The quantitative estimate of drug-likeness (QED) is 0.586. The number of hydrogen-bond donors (Lipinski definition) is 1. The Hall–Kier alpha value is -1.30. The van der Waals surface area contributed by atoms with E-state index in [1.54, 1.807) is 19.0 Å². The van der Waals surface area contributed by atoms with E-state index < -0.39 is 5.60 Å². The van der Waals surface area contributed by atoms with Gasteiger partial charge in [0, 0.05) is 27.2 Å². The van der Waals surface area contributed by atoms with E-state index in [0.717, 1.165) is 13.0 Å². The van der Waals surface area contributed by atoms with Gasteiger partial charge in [0.15, 0.2) is 0 Å². The van der Waals surface area contributed by atoms with Crippen LogP contribution in [0.15, 0.2) is 0 Å². The standard InChI is InChI=1S/C18H37N3O3/c1-7-8-9-10-11-12-21(15-16(22)19-5)14-13-20(6)17(23)24-18(2,3)4/h7-15H2,1-6H3,(H,19,22). The monoisotopic (exact) mass is 343 g/mol. The summed E-state index contributed by atoms with van der Waals surface area (Å²) in [5.74, 6) is 0.00322. The Kier molecular flexibility index (Phi) is 11.5. The molecule has 0 spiro atoms. The summed E-state index contributed by atoms with van der Waals surface area (Å²) in [6, 6.07) is 0. The van der Waals surface area contributed by atoms with Crippen LogP contribution in [0.3, 0.4) is 0 Å². The summed E-state index contributed by atoms with van der Waals surface area (Å²) in [6.45, 7) is 10.2. The molecule has 6 nitrogen and oxygen atoms in total. The van der Waals surface area contributed by atoms with Crippen molar-refractivity contribution in [3.63, 3.8) is 0 Å². The molecule has 0 radical (unpaired) electrons. The van der Waals surface area contributed by atoms with Crippen molar-refractivity contribution in [2.45, 2.75) is 65.4 Å². The Morgan fingerprint density at radius 1 is 1.00 bits per heavy atom. The molecular weight excluding hydrogens is 306 g/mol. The molecule has 24 heavy (non-hydrogen) atoms. The molecule has 0 aliphatic heterocycles. The van der Waals surface area contributed by atoms with E-state index in [9.17, 15) is 9.59 Å². The van der Waals surface area contributed by atoms with Gasteiger partial charge in [-0.2, -0.15) is 0 Å². The second-order valence-electron chi connectivity index (χ2n) is 7.27. The summed E-state index contributed by atoms with van der Waals surface area (Å²) in [6.07, 6.45) is 5.65. The van der Waals surface area contributed by atoms with Gasteiger partial charge in [-0.1, -0.05) is 32.6 Å². The lowest BCUT2D eigenvalue weighted by Gasteiger charge is -2.27. The van der Waals surface area contributed by atoms with Crippen molar-refractivity contribution in [2.75, 3.05) is 40.3 Å². The van der Waals surface area contributed by atoms with Crippen LogP contribution in [-0.2, 0) is 9.53 Å². The number of ether oxygens (including phenoxy) is 1. The molecule has 0 saturated carbocycles. The summed E-state index contributed by atoms with van der Waals surface area (Å²) in [5.41, 5.74) is -0.494. The average Bonchev–Trinajstić information content (AvgIpc) is 2.49. The van der Waals surface area contributed by atoms with Crippen molar-refractivity contribution in [1.29, 1.82) is 0 Å². The Labute approximate surface area is 147 Å². The van der Waals surface area contributed by atoms with Crippen LogP contribution in [0.1, 0.15) is 59.8 Å². The first kappa shape index (κ1) is 22.7. The van der Waals surface area contributed by atoms with Crippen LogP contribution >= 0.6 is 0 Å². The van der Waals surface area contributed by atoms with Crippen LogP contribution in [0.2, 0.25) is 0 Å². The molecule has 0 heterocycles. The Balaban J connectivity index is 4.32. The SMILES string of the molecule is CCCCCCCN(CCN(C)C(=O)OC(C)(C)C)CC(=O)NC. The molecule has 0 aromatic carbocycles. The lowest BCUT2D eigenvalue weighted by molar-refractivity contribution is -0.121. The van der Waals surface area contributed by atoms with Crippen molar-refractivity contribution in [1.82, 2.24) is 15.1 Å². The number of nitrogens with one attached hydrogen (secondary N) is 1. The highest BCUT2D eigenvalue weighted by molar-refractivity contribution is 5.77. The normalized spacial score (nSPS) is 11.5. The van der Waals surface area contributed by atoms with E-state index >= 15 is 0 Å². The molecule has 0 rings (SSSR count). The number of amides is 2. The number of carbonyl (C=O) groups excluding carboxylic acids is 2. The zero-order chi connectivity index (χ0) is 18.6. The van der Waals surface area contributed by atoms with Gasteiger partial charge in [-0.05, 0) is 33.7 Å². The summed E-state index contributed by atoms with van der Waals surface area (Å²) in [7, 11) is 3.38. The van der Waals surface area contributed by atoms with E-state index in [2.05, 4.69) is 17.1 Å². The van der Waals surface area contributed by atoms with Gasteiger partial charge in [-0.3, -0.25) is 9.69 Å². The molecule has 0 aromatic rings. The summed E-state index contributed by atoms with van der Waals surface area (Å²) < 4.78 is 5.35. The highest BCUT2D eigenvalue weighted by Gasteiger charge is 2.20. The first-order valence-corrected chi connectivity index (χ1v) is 9.06. The minimum Gasteiger partial charge on any atom is -0.444 e. The van der Waals surface area contributed by atoms with Gasteiger partial charge in [0.25, 0.3) is 0 Å². The molecule has 0 aliphatic carbocycles. The third kappa shape index (κ3) is 12.2. The molecule has 0 unspecified atom stereocenters. The third-order valence-electron chi connectivity index (χ3n) is 3.68. The molecule has 0 atom stereocenters. The van der Waals surface area contributed by atoms with Crippen LogP contribution < -0.4 is 5.32 Å². The molecule has 0 saturated heterocycles. The van der Waals surface area contributed by atoms with Crippen molar-refractivity contribution < 1.29 is 14.3 Å². The van der Waals surface area contributed by atoms with Crippen molar-refractivity contribution >= 4 is 12.0 Å². The topological polar surface area (TPSA) is 61.9 Å². The molecule has 0 bridgehead atoms. The largest absolute Gasteiger partial charge is 0.444 e. The Bertz CT molecular complexity index is 367. The van der Waals surface area contributed by atoms with E-state index in [0.29, 0.717) is 19.6 Å². The third-order valence-corrected chi connectivity index (χ3v) is 3.68. The van der Waals surface area contributed by atoms with E-state index in [-0.39, 0.29) is 12.0 Å². The van der Waals surface area contributed by atoms with Crippen LogP contribution in [0.5, 0.6) is 0 Å². The number of likely N-dealkylation sites (N-methyl/N-ethyl adjacent to an activating group) is 2. The van der Waals surface area contributed by atoms with Gasteiger partial charge in [-0.15, -0.1) is 0 Å². The average molecular weight is 344 g/mol. The minimum atomic E-state index is -0.494. The summed E-state index contributed by atoms with van der Waals surface area (Å²) in [4.78, 5) is 27.3. The second-order valence-corrected chi connectivity index (χ2v) is 7.27. The van der Waals surface area contributed by atoms with Gasteiger partial charge < -0.3 is 15.0 Å². The number of nitrogens with zero attached hydrogens (tertiary/aromatic N) is 2. The van der Waals surface area contributed by atoms with Crippen LogP contribution in [0, 0.1) is 0 Å². The number of carbonyl (C=O) groups is 2. The van der Waals surface area contributed by atoms with Crippen LogP contribution in [0.4, 0.5) is 4.79 Å². The van der Waals surface area contributed by atoms with E-state index in [1.807, 2.05) is 20.8 Å². The summed E-state index contributed by atoms with van der Waals surface area (Å²) >= 11 is 0. The van der Waals surface area contributed by atoms with Gasteiger partial charge in [0.05, 0.1) is 6.54 Å². The van der Waals surface area contributed by atoms with Gasteiger partial charge >= 0.3 is 6.09 Å². The lowest BCUT2D eigenvalue weighted by Crippen LogP contribution is -2.42. The van der Waals surface area contributed by atoms with Crippen molar-refractivity contribution in [2.24, 2.45) is 0 Å². The fourth-order valence-corrected chi connectivity index (χ4v) is 2.21. The highest BCUT2D eigenvalue weighted by Crippen LogP contribution is 2.09. The minimum absolute atomic E-state index is 0.00322. The predicted molar refractivity (Wildman–Crippen MR) is 98.1 cm³/mol. The van der Waals surface area contributed by atoms with E-state index in [1.165, 1.54) is 25.7 Å². The zero-order valence-corrected chi connectivity index (χ0v) is 16.5. The van der Waals surface area contributed by atoms with Crippen molar-refractivity contribution in [3.8, 4) is 0 Å². The lowest BCUT2D eigenvalue weighted by atomic mass is 10.1. The Morgan fingerprint density at radius 3 is 2.17 bits per heavy atom. The molecule has 2 amide bonds. The predicted octanol–water partition coefficient (Wildman–Crippen LogP) is 2.87. The molecule has 0 aliphatic rings. The summed E-state index contributed by atoms with van der Waals surface area (Å²) in [5, 5.41) is 2.66. The fourth-order valence-electron chi connectivity index (χ4n) is 2.21. The molecule has 0 aromatic heterocycles. The zero-order valence-electron chi connectivity index (χ0n) is 16.5. The molecule has 142 valence electrons.